The third-order valence-corrected chi connectivity index (χ3v) is 4.51. The van der Waals surface area contributed by atoms with Gasteiger partial charge in [-0.3, -0.25) is 14.7 Å². The number of halogens is 1. The standard InChI is InChI=1S/C19H30FN5O2/c1-14(2)17(25-7-9-27-10-8-25)12-22-19(21-3)23-13-18(26)24-16-6-4-5-15(20)11-16/h4-6,11,14,17H,7-10,12-13H2,1-3H3,(H,24,26)(H2,21,22,23). The number of hydrogen-bond acceptors (Lipinski definition) is 4. The number of nitrogens with zero attached hydrogens (tertiary/aromatic N) is 2. The summed E-state index contributed by atoms with van der Waals surface area (Å²) in [4.78, 5) is 18.6. The van der Waals surface area contributed by atoms with Crippen LogP contribution >= 0.6 is 0 Å². The van der Waals surface area contributed by atoms with Crippen molar-refractivity contribution in [3.63, 3.8) is 0 Å². The topological polar surface area (TPSA) is 78.0 Å². The van der Waals surface area contributed by atoms with Gasteiger partial charge in [0.15, 0.2) is 5.96 Å². The summed E-state index contributed by atoms with van der Waals surface area (Å²) in [5, 5.41) is 8.93. The van der Waals surface area contributed by atoms with E-state index < -0.39 is 0 Å². The molecule has 0 aliphatic carbocycles. The van der Waals surface area contributed by atoms with E-state index in [0.717, 1.165) is 32.8 Å². The molecule has 1 atom stereocenters. The monoisotopic (exact) mass is 379 g/mol. The van der Waals surface area contributed by atoms with Crippen LogP contribution in [0.25, 0.3) is 0 Å². The predicted molar refractivity (Wildman–Crippen MR) is 105 cm³/mol. The van der Waals surface area contributed by atoms with Gasteiger partial charge in [0.2, 0.25) is 5.91 Å². The number of aliphatic imine (C=N–C) groups is 1. The molecule has 2 rings (SSSR count). The molecule has 27 heavy (non-hydrogen) atoms. The predicted octanol–water partition coefficient (Wildman–Crippen LogP) is 1.29. The second-order valence-electron chi connectivity index (χ2n) is 6.82. The number of amides is 1. The van der Waals surface area contributed by atoms with Gasteiger partial charge in [0.1, 0.15) is 5.82 Å². The maximum absolute atomic E-state index is 13.2. The van der Waals surface area contributed by atoms with Crippen LogP contribution in [0.3, 0.4) is 0 Å². The number of anilines is 1. The molecular weight excluding hydrogens is 349 g/mol. The van der Waals surface area contributed by atoms with Gasteiger partial charge in [0.25, 0.3) is 0 Å². The molecule has 1 aromatic carbocycles. The normalized spacial score (nSPS) is 16.9. The summed E-state index contributed by atoms with van der Waals surface area (Å²) in [5.74, 6) is 0.381. The highest BCUT2D eigenvalue weighted by Gasteiger charge is 2.23. The molecule has 0 aromatic heterocycles. The molecule has 0 saturated carbocycles. The number of rotatable bonds is 7. The minimum absolute atomic E-state index is 0.0418. The smallest absolute Gasteiger partial charge is 0.243 e. The first-order valence-electron chi connectivity index (χ1n) is 9.31. The Kier molecular flexibility index (Phi) is 8.47. The first-order valence-corrected chi connectivity index (χ1v) is 9.31. The minimum atomic E-state index is -0.388. The van der Waals surface area contributed by atoms with Gasteiger partial charge in [-0.15, -0.1) is 0 Å². The average Bonchev–Trinajstić information content (AvgIpc) is 2.65. The summed E-state index contributed by atoms with van der Waals surface area (Å²) in [7, 11) is 1.67. The third kappa shape index (κ3) is 7.15. The van der Waals surface area contributed by atoms with Crippen molar-refractivity contribution in [3.05, 3.63) is 30.1 Å². The Labute approximate surface area is 160 Å². The minimum Gasteiger partial charge on any atom is -0.379 e. The zero-order valence-corrected chi connectivity index (χ0v) is 16.3. The molecule has 0 radical (unpaired) electrons. The van der Waals surface area contributed by atoms with E-state index in [4.69, 9.17) is 4.74 Å². The zero-order chi connectivity index (χ0) is 19.6. The Bertz CT molecular complexity index is 632. The summed E-state index contributed by atoms with van der Waals surface area (Å²) in [6, 6.07) is 6.16. The van der Waals surface area contributed by atoms with Gasteiger partial charge >= 0.3 is 0 Å². The van der Waals surface area contributed by atoms with E-state index in [9.17, 15) is 9.18 Å². The second kappa shape index (κ2) is 10.8. The highest BCUT2D eigenvalue weighted by atomic mass is 19.1. The van der Waals surface area contributed by atoms with Crippen LogP contribution in [0.15, 0.2) is 29.3 Å². The largest absolute Gasteiger partial charge is 0.379 e. The van der Waals surface area contributed by atoms with Gasteiger partial charge in [-0.1, -0.05) is 19.9 Å². The van der Waals surface area contributed by atoms with E-state index in [2.05, 4.69) is 39.7 Å². The molecule has 1 unspecified atom stereocenters. The summed E-state index contributed by atoms with van der Waals surface area (Å²) in [6.07, 6.45) is 0. The van der Waals surface area contributed by atoms with Gasteiger partial charge in [-0.05, 0) is 24.1 Å². The second-order valence-corrected chi connectivity index (χ2v) is 6.82. The third-order valence-electron chi connectivity index (χ3n) is 4.51. The Morgan fingerprint density at radius 2 is 2.04 bits per heavy atom. The first-order chi connectivity index (χ1) is 13.0. The number of carbonyl (C=O) groups excluding carboxylic acids is 1. The van der Waals surface area contributed by atoms with Crippen LogP contribution in [-0.4, -0.2) is 69.2 Å². The molecule has 7 nitrogen and oxygen atoms in total. The summed E-state index contributed by atoms with van der Waals surface area (Å²) >= 11 is 0. The zero-order valence-electron chi connectivity index (χ0n) is 16.3. The number of guanidine groups is 1. The fourth-order valence-corrected chi connectivity index (χ4v) is 3.05. The molecular formula is C19H30FN5O2. The van der Waals surface area contributed by atoms with Gasteiger partial charge in [0, 0.05) is 38.4 Å². The molecule has 150 valence electrons. The molecule has 1 aliphatic rings. The average molecular weight is 379 g/mol. The highest BCUT2D eigenvalue weighted by Crippen LogP contribution is 2.12. The summed E-state index contributed by atoms with van der Waals surface area (Å²) < 4.78 is 18.6. The first kappa shape index (κ1) is 21.1. The van der Waals surface area contributed by atoms with Gasteiger partial charge in [-0.2, -0.15) is 0 Å². The molecule has 1 saturated heterocycles. The van der Waals surface area contributed by atoms with Gasteiger partial charge < -0.3 is 20.7 Å². The molecule has 1 aliphatic heterocycles. The fourth-order valence-electron chi connectivity index (χ4n) is 3.05. The summed E-state index contributed by atoms with van der Waals surface area (Å²) in [5.41, 5.74) is 0.428. The SMILES string of the molecule is CN=C(NCC(=O)Nc1cccc(F)c1)NCC(C(C)C)N1CCOCC1. The van der Waals surface area contributed by atoms with Crippen molar-refractivity contribution in [2.75, 3.05) is 51.8 Å². The van der Waals surface area contributed by atoms with Crippen molar-refractivity contribution in [3.8, 4) is 0 Å². The van der Waals surface area contributed by atoms with Crippen LogP contribution in [-0.2, 0) is 9.53 Å². The van der Waals surface area contributed by atoms with Crippen molar-refractivity contribution in [1.82, 2.24) is 15.5 Å². The number of ether oxygens (including phenoxy) is 1. The van der Waals surface area contributed by atoms with E-state index in [0.29, 0.717) is 23.6 Å². The number of benzene rings is 1. The quantitative estimate of drug-likeness (QED) is 0.492. The van der Waals surface area contributed by atoms with Crippen molar-refractivity contribution < 1.29 is 13.9 Å². The lowest BCUT2D eigenvalue weighted by molar-refractivity contribution is -0.115. The maximum atomic E-state index is 13.2. The molecule has 8 heteroatoms. The lowest BCUT2D eigenvalue weighted by atomic mass is 10.0. The van der Waals surface area contributed by atoms with E-state index in [1.54, 1.807) is 19.2 Å². The van der Waals surface area contributed by atoms with Crippen molar-refractivity contribution >= 4 is 17.6 Å². The lowest BCUT2D eigenvalue weighted by Gasteiger charge is -2.37. The van der Waals surface area contributed by atoms with Gasteiger partial charge in [0.05, 0.1) is 19.8 Å². The Hall–Kier alpha value is -2.19. The van der Waals surface area contributed by atoms with Crippen LogP contribution < -0.4 is 16.0 Å². The Morgan fingerprint density at radius 1 is 1.30 bits per heavy atom. The molecule has 1 heterocycles. The van der Waals surface area contributed by atoms with Crippen molar-refractivity contribution in [2.24, 2.45) is 10.9 Å². The van der Waals surface area contributed by atoms with Crippen LogP contribution in [0.1, 0.15) is 13.8 Å². The fraction of sp³-hybridized carbons (Fsp3) is 0.579. The van der Waals surface area contributed by atoms with Crippen molar-refractivity contribution in [1.29, 1.82) is 0 Å². The summed E-state index contributed by atoms with van der Waals surface area (Å²) in [6.45, 7) is 8.53. The van der Waals surface area contributed by atoms with Crippen molar-refractivity contribution in [2.45, 2.75) is 19.9 Å². The Morgan fingerprint density at radius 3 is 2.67 bits per heavy atom. The Balaban J connectivity index is 1.79. The van der Waals surface area contributed by atoms with Crippen LogP contribution in [0.2, 0.25) is 0 Å². The number of hydrogen-bond donors (Lipinski definition) is 3. The number of morpholine rings is 1. The maximum Gasteiger partial charge on any atom is 0.243 e. The lowest BCUT2D eigenvalue weighted by Crippen LogP contribution is -2.53. The molecule has 0 bridgehead atoms. The number of nitrogens with one attached hydrogen (secondary N) is 3. The van der Waals surface area contributed by atoms with Crippen LogP contribution in [0, 0.1) is 11.7 Å². The van der Waals surface area contributed by atoms with Gasteiger partial charge in [-0.25, -0.2) is 4.39 Å². The number of carbonyl (C=O) groups is 1. The van der Waals surface area contributed by atoms with Crippen LogP contribution in [0.4, 0.5) is 10.1 Å². The highest BCUT2D eigenvalue weighted by molar-refractivity contribution is 5.94. The van der Waals surface area contributed by atoms with E-state index in [1.807, 2.05) is 0 Å². The molecule has 1 fully saturated rings. The van der Waals surface area contributed by atoms with E-state index >= 15 is 0 Å². The molecule has 3 N–H and O–H groups in total. The molecule has 0 spiro atoms. The molecule has 1 amide bonds. The van der Waals surface area contributed by atoms with Crippen LogP contribution in [0.5, 0.6) is 0 Å². The van der Waals surface area contributed by atoms with E-state index in [-0.39, 0.29) is 18.3 Å². The molecule has 1 aromatic rings. The van der Waals surface area contributed by atoms with E-state index in [1.165, 1.54) is 12.1 Å².